The molecular formula is C14H8N2O6S3. The molecule has 0 bridgehead atoms. The van der Waals surface area contributed by atoms with Crippen molar-refractivity contribution in [2.45, 2.75) is 9.24 Å². The van der Waals surface area contributed by atoms with Crippen LogP contribution in [0.25, 0.3) is 11.3 Å². The van der Waals surface area contributed by atoms with Crippen molar-refractivity contribution in [3.8, 4) is 11.3 Å². The van der Waals surface area contributed by atoms with Gasteiger partial charge in [0.25, 0.3) is 0 Å². The lowest BCUT2D eigenvalue weighted by Crippen LogP contribution is -2.03. The number of carboxylic acid groups (broad SMARTS) is 1. The first-order valence-electron chi connectivity index (χ1n) is 6.58. The molecule has 128 valence electrons. The molecule has 0 aliphatic carbocycles. The Bertz CT molecular complexity index is 1070. The molecule has 8 nitrogen and oxygen atoms in total. The Morgan fingerprint density at radius 2 is 1.92 bits per heavy atom. The molecule has 11 heteroatoms. The number of aromatic nitrogens is 1. The quantitative estimate of drug-likeness (QED) is 0.517. The van der Waals surface area contributed by atoms with E-state index in [1.165, 1.54) is 5.38 Å². The minimum atomic E-state index is -4.30. The van der Waals surface area contributed by atoms with E-state index in [1.54, 1.807) is 30.3 Å². The third-order valence-electron chi connectivity index (χ3n) is 3.13. The molecule has 3 aromatic rings. The minimum absolute atomic E-state index is 0.299. The second kappa shape index (κ2) is 6.35. The molecule has 2 aromatic heterocycles. The fourth-order valence-electron chi connectivity index (χ4n) is 2.01. The summed E-state index contributed by atoms with van der Waals surface area (Å²) in [4.78, 5) is 24.2. The summed E-state index contributed by atoms with van der Waals surface area (Å²) in [6.45, 7) is 0. The number of thiazole rings is 1. The highest BCUT2D eigenvalue weighted by atomic mass is 32.2. The summed E-state index contributed by atoms with van der Waals surface area (Å²) in [6, 6.07) is 9.64. The number of hydrogen-bond donors (Lipinski definition) is 1. The standard InChI is InChI=1S/C14H8N2O6S3/c17-13(18)10-6-11(12(24-10)16(19)20)25(21,22)14-15-9(7-23-14)8-4-2-1-3-5-8/h1-7H,(H,17,18). The van der Waals surface area contributed by atoms with Gasteiger partial charge >= 0.3 is 11.0 Å². The van der Waals surface area contributed by atoms with Crippen LogP contribution in [0.3, 0.4) is 0 Å². The van der Waals surface area contributed by atoms with Crippen molar-refractivity contribution in [1.82, 2.24) is 4.98 Å². The SMILES string of the molecule is O=C(O)c1cc(S(=O)(=O)c2nc(-c3ccccc3)cs2)c([N+](=O)[O-])s1. The molecule has 0 unspecified atom stereocenters. The Labute approximate surface area is 149 Å². The van der Waals surface area contributed by atoms with Crippen molar-refractivity contribution in [3.63, 3.8) is 0 Å². The normalized spacial score (nSPS) is 11.4. The zero-order valence-corrected chi connectivity index (χ0v) is 14.6. The molecule has 1 N–H and O–H groups in total. The zero-order valence-electron chi connectivity index (χ0n) is 12.1. The maximum absolute atomic E-state index is 12.7. The van der Waals surface area contributed by atoms with Crippen LogP contribution in [0.1, 0.15) is 9.67 Å². The number of carboxylic acids is 1. The van der Waals surface area contributed by atoms with Gasteiger partial charge in [0.1, 0.15) is 4.88 Å². The van der Waals surface area contributed by atoms with Crippen LogP contribution >= 0.6 is 22.7 Å². The molecule has 3 rings (SSSR count). The molecule has 25 heavy (non-hydrogen) atoms. The van der Waals surface area contributed by atoms with Gasteiger partial charge in [0.2, 0.25) is 14.2 Å². The molecule has 0 aliphatic rings. The number of sulfone groups is 1. The highest BCUT2D eigenvalue weighted by molar-refractivity contribution is 7.93. The molecule has 0 amide bonds. The van der Waals surface area contributed by atoms with E-state index >= 15 is 0 Å². The topological polar surface area (TPSA) is 127 Å². The van der Waals surface area contributed by atoms with Crippen LogP contribution in [0.15, 0.2) is 51.0 Å². The Morgan fingerprint density at radius 1 is 1.24 bits per heavy atom. The van der Waals surface area contributed by atoms with Crippen LogP contribution in [0.4, 0.5) is 5.00 Å². The van der Waals surface area contributed by atoms with E-state index in [4.69, 9.17) is 5.11 Å². The van der Waals surface area contributed by atoms with Gasteiger partial charge in [-0.25, -0.2) is 18.2 Å². The van der Waals surface area contributed by atoms with Crippen molar-refractivity contribution in [3.05, 3.63) is 56.8 Å². The highest BCUT2D eigenvalue weighted by Crippen LogP contribution is 2.38. The van der Waals surface area contributed by atoms with Crippen molar-refractivity contribution in [2.24, 2.45) is 0 Å². The highest BCUT2D eigenvalue weighted by Gasteiger charge is 2.34. The van der Waals surface area contributed by atoms with Gasteiger partial charge in [0, 0.05) is 10.9 Å². The van der Waals surface area contributed by atoms with Crippen molar-refractivity contribution in [2.75, 3.05) is 0 Å². The maximum atomic E-state index is 12.7. The van der Waals surface area contributed by atoms with E-state index in [1.807, 2.05) is 0 Å². The molecule has 0 spiro atoms. The Morgan fingerprint density at radius 3 is 2.52 bits per heavy atom. The summed E-state index contributed by atoms with van der Waals surface area (Å²) < 4.78 is 25.1. The molecule has 0 radical (unpaired) electrons. The Balaban J connectivity index is 2.10. The molecule has 0 fully saturated rings. The second-order valence-corrected chi connectivity index (χ2v) is 8.69. The molecule has 2 heterocycles. The lowest BCUT2D eigenvalue weighted by molar-refractivity contribution is -0.383. The average molecular weight is 396 g/mol. The lowest BCUT2D eigenvalue weighted by atomic mass is 10.2. The number of aromatic carboxylic acids is 1. The minimum Gasteiger partial charge on any atom is -0.477 e. The second-order valence-electron chi connectivity index (χ2n) is 4.71. The monoisotopic (exact) mass is 396 g/mol. The first-order chi connectivity index (χ1) is 11.8. The summed E-state index contributed by atoms with van der Waals surface area (Å²) in [5.41, 5.74) is 1.12. The smallest absolute Gasteiger partial charge is 0.346 e. The first-order valence-corrected chi connectivity index (χ1v) is 9.76. The van der Waals surface area contributed by atoms with Gasteiger partial charge in [-0.1, -0.05) is 41.7 Å². The summed E-state index contributed by atoms with van der Waals surface area (Å²) in [6.07, 6.45) is 0. The van der Waals surface area contributed by atoms with Gasteiger partial charge in [-0.15, -0.1) is 11.3 Å². The third-order valence-corrected chi connectivity index (χ3v) is 7.35. The number of thiophene rings is 1. The van der Waals surface area contributed by atoms with Crippen LogP contribution < -0.4 is 0 Å². The summed E-state index contributed by atoms with van der Waals surface area (Å²) in [7, 11) is -4.30. The van der Waals surface area contributed by atoms with E-state index < -0.39 is 35.5 Å². The van der Waals surface area contributed by atoms with Gasteiger partial charge < -0.3 is 5.11 Å². The van der Waals surface area contributed by atoms with E-state index in [9.17, 15) is 23.3 Å². The van der Waals surface area contributed by atoms with E-state index in [-0.39, 0.29) is 4.34 Å². The fraction of sp³-hybridized carbons (Fsp3) is 0. The van der Waals surface area contributed by atoms with E-state index in [0.29, 0.717) is 22.6 Å². The van der Waals surface area contributed by atoms with Gasteiger partial charge in [0.15, 0.2) is 4.90 Å². The predicted molar refractivity (Wildman–Crippen MR) is 90.9 cm³/mol. The largest absolute Gasteiger partial charge is 0.477 e. The summed E-state index contributed by atoms with van der Waals surface area (Å²) in [5, 5.41) is 20.9. The molecule has 0 aliphatic heterocycles. The number of nitro groups is 1. The summed E-state index contributed by atoms with van der Waals surface area (Å²) in [5.74, 6) is -1.43. The number of carbonyl (C=O) groups is 1. The van der Waals surface area contributed by atoms with E-state index in [2.05, 4.69) is 4.98 Å². The first kappa shape index (κ1) is 17.2. The molecule has 1 aromatic carbocycles. The Hall–Kier alpha value is -2.63. The fourth-order valence-corrected chi connectivity index (χ4v) is 5.70. The van der Waals surface area contributed by atoms with Gasteiger partial charge in [-0.3, -0.25) is 10.1 Å². The van der Waals surface area contributed by atoms with E-state index in [0.717, 1.165) is 17.4 Å². The van der Waals surface area contributed by atoms with Crippen LogP contribution in [-0.2, 0) is 9.84 Å². The van der Waals surface area contributed by atoms with Crippen LogP contribution in [0.5, 0.6) is 0 Å². The van der Waals surface area contributed by atoms with Crippen LogP contribution in [-0.4, -0.2) is 29.4 Å². The van der Waals surface area contributed by atoms with Crippen LogP contribution in [0.2, 0.25) is 0 Å². The number of benzene rings is 1. The number of nitrogens with zero attached hydrogens (tertiary/aromatic N) is 2. The third kappa shape index (κ3) is 3.16. The zero-order chi connectivity index (χ0) is 18.2. The van der Waals surface area contributed by atoms with Gasteiger partial charge in [-0.2, -0.15) is 0 Å². The van der Waals surface area contributed by atoms with Crippen LogP contribution in [0, 0.1) is 10.1 Å². The predicted octanol–water partition coefficient (Wildman–Crippen LogP) is 3.31. The molecule has 0 saturated heterocycles. The maximum Gasteiger partial charge on any atom is 0.346 e. The summed E-state index contributed by atoms with van der Waals surface area (Å²) >= 11 is 1.12. The Kier molecular flexibility index (Phi) is 4.37. The molecule has 0 saturated carbocycles. The molecule has 0 atom stereocenters. The van der Waals surface area contributed by atoms with Gasteiger partial charge in [-0.05, 0) is 6.07 Å². The number of hydrogen-bond acceptors (Lipinski definition) is 8. The van der Waals surface area contributed by atoms with Gasteiger partial charge in [0.05, 0.1) is 10.6 Å². The van der Waals surface area contributed by atoms with Crippen molar-refractivity contribution >= 4 is 43.5 Å². The van der Waals surface area contributed by atoms with Crippen molar-refractivity contribution in [1.29, 1.82) is 0 Å². The van der Waals surface area contributed by atoms with Crippen molar-refractivity contribution < 1.29 is 23.2 Å². The number of rotatable bonds is 5. The molecular weight excluding hydrogens is 388 g/mol. The lowest BCUT2D eigenvalue weighted by Gasteiger charge is -1.98. The average Bonchev–Trinajstić information content (AvgIpc) is 3.24.